The average molecular weight is 392 g/mol. The van der Waals surface area contributed by atoms with Crippen LogP contribution in [0.5, 0.6) is 0 Å². The first-order valence-electron chi connectivity index (χ1n) is 7.67. The molecule has 0 aromatic heterocycles. The Labute approximate surface area is 151 Å². The van der Waals surface area contributed by atoms with Crippen molar-refractivity contribution in [2.24, 2.45) is 5.92 Å². The second kappa shape index (κ2) is 6.46. The Hall–Kier alpha value is -0.860. The summed E-state index contributed by atoms with van der Waals surface area (Å²) in [4.78, 5) is 14.3. The van der Waals surface area contributed by atoms with Crippen LogP contribution in [0, 0.1) is 5.92 Å². The molecule has 1 atom stereocenters. The Morgan fingerprint density at radius 2 is 1.71 bits per heavy atom. The number of hydrogen-bond donors (Lipinski definition) is 1. The molecule has 1 N–H and O–H groups in total. The van der Waals surface area contributed by atoms with Gasteiger partial charge in [-0.2, -0.15) is 4.31 Å². The van der Waals surface area contributed by atoms with E-state index in [4.69, 9.17) is 23.2 Å². The van der Waals surface area contributed by atoms with Crippen LogP contribution < -0.4 is 5.32 Å². The van der Waals surface area contributed by atoms with Crippen molar-refractivity contribution in [2.75, 3.05) is 38.5 Å². The fourth-order valence-electron chi connectivity index (χ4n) is 2.61. The van der Waals surface area contributed by atoms with Gasteiger partial charge >= 0.3 is 0 Å². The van der Waals surface area contributed by atoms with Crippen LogP contribution in [0.3, 0.4) is 0 Å². The van der Waals surface area contributed by atoms with E-state index in [2.05, 4.69) is 10.2 Å². The smallest absolute Gasteiger partial charge is 0.243 e. The topological polar surface area (TPSA) is 69.7 Å². The summed E-state index contributed by atoms with van der Waals surface area (Å²) in [6, 6.07) is 6.16. The normalized spacial score (nSPS) is 24.5. The summed E-state index contributed by atoms with van der Waals surface area (Å²) in [6.45, 7) is 2.39. The third kappa shape index (κ3) is 3.70. The highest BCUT2D eigenvalue weighted by atomic mass is 35.5. The SMILES string of the molecule is CN1CCN(S(=O)(=O)c2ccc(NC(=O)C3CC3(Cl)Cl)cc2)CC1. The summed E-state index contributed by atoms with van der Waals surface area (Å²) in [7, 11) is -1.53. The number of rotatable bonds is 4. The Balaban J connectivity index is 1.66. The molecule has 1 saturated carbocycles. The van der Waals surface area contributed by atoms with Crippen LogP contribution in [0.4, 0.5) is 5.69 Å². The maximum absolute atomic E-state index is 12.6. The number of anilines is 1. The number of nitrogens with one attached hydrogen (secondary N) is 1. The van der Waals surface area contributed by atoms with E-state index >= 15 is 0 Å². The van der Waals surface area contributed by atoms with Gasteiger partial charge in [-0.25, -0.2) is 8.42 Å². The number of amides is 1. The maximum atomic E-state index is 12.6. The number of nitrogens with zero attached hydrogens (tertiary/aromatic N) is 2. The van der Waals surface area contributed by atoms with Crippen molar-refractivity contribution in [1.29, 1.82) is 0 Å². The highest BCUT2D eigenvalue weighted by Gasteiger charge is 2.56. The minimum atomic E-state index is -3.50. The second-order valence-electron chi connectivity index (χ2n) is 6.24. The van der Waals surface area contributed by atoms with Gasteiger partial charge in [-0.1, -0.05) is 0 Å². The van der Waals surface area contributed by atoms with Crippen LogP contribution in [0.2, 0.25) is 0 Å². The molecular weight excluding hydrogens is 373 g/mol. The molecule has 24 heavy (non-hydrogen) atoms. The van der Waals surface area contributed by atoms with E-state index in [-0.39, 0.29) is 10.8 Å². The average Bonchev–Trinajstić information content (AvgIpc) is 3.17. The number of hydrogen-bond acceptors (Lipinski definition) is 4. The van der Waals surface area contributed by atoms with Gasteiger partial charge in [-0.3, -0.25) is 4.79 Å². The predicted molar refractivity (Wildman–Crippen MR) is 93.9 cm³/mol. The van der Waals surface area contributed by atoms with E-state index in [1.807, 2.05) is 7.05 Å². The van der Waals surface area contributed by atoms with Gasteiger partial charge in [0.05, 0.1) is 10.8 Å². The molecule has 1 unspecified atom stereocenters. The second-order valence-corrected chi connectivity index (χ2v) is 9.72. The van der Waals surface area contributed by atoms with E-state index in [1.165, 1.54) is 16.4 Å². The number of carbonyl (C=O) groups is 1. The molecule has 1 aliphatic carbocycles. The molecular formula is C15H19Cl2N3O3S. The molecule has 1 saturated heterocycles. The number of carbonyl (C=O) groups excluding carboxylic acids is 1. The number of alkyl halides is 2. The molecule has 132 valence electrons. The van der Waals surface area contributed by atoms with Crippen molar-refractivity contribution in [3.63, 3.8) is 0 Å². The van der Waals surface area contributed by atoms with Gasteiger partial charge in [0.1, 0.15) is 4.33 Å². The van der Waals surface area contributed by atoms with Gasteiger partial charge in [0.2, 0.25) is 15.9 Å². The highest BCUT2D eigenvalue weighted by Crippen LogP contribution is 2.53. The van der Waals surface area contributed by atoms with E-state index in [9.17, 15) is 13.2 Å². The molecule has 1 amide bonds. The standard InChI is InChI=1S/C15H19Cl2N3O3S/c1-19-6-8-20(9-7-19)24(22,23)12-4-2-11(3-5-12)18-14(21)13-10-15(13,16)17/h2-5,13H,6-10H2,1H3,(H,18,21). The zero-order valence-corrected chi connectivity index (χ0v) is 15.5. The van der Waals surface area contributed by atoms with Crippen LogP contribution in [0.1, 0.15) is 6.42 Å². The van der Waals surface area contributed by atoms with E-state index in [0.717, 1.165) is 0 Å². The molecule has 1 aromatic rings. The van der Waals surface area contributed by atoms with Gasteiger partial charge in [0, 0.05) is 31.9 Å². The Bertz CT molecular complexity index is 729. The molecule has 6 nitrogen and oxygen atoms in total. The summed E-state index contributed by atoms with van der Waals surface area (Å²) in [6.07, 6.45) is 0.428. The Morgan fingerprint density at radius 1 is 1.17 bits per heavy atom. The third-order valence-corrected chi connectivity index (χ3v) is 7.11. The quantitative estimate of drug-likeness (QED) is 0.793. The van der Waals surface area contributed by atoms with Gasteiger partial charge in [0.25, 0.3) is 0 Å². The predicted octanol–water partition coefficient (Wildman–Crippen LogP) is 1.75. The summed E-state index contributed by atoms with van der Waals surface area (Å²) >= 11 is 11.7. The van der Waals surface area contributed by atoms with Crippen LogP contribution in [0.15, 0.2) is 29.2 Å². The van der Waals surface area contributed by atoms with Crippen LogP contribution >= 0.6 is 23.2 Å². The first-order valence-corrected chi connectivity index (χ1v) is 9.87. The number of likely N-dealkylation sites (N-methyl/N-ethyl adjacent to an activating group) is 1. The summed E-state index contributed by atoms with van der Waals surface area (Å²) in [5.74, 6) is -0.677. The fourth-order valence-corrected chi connectivity index (χ4v) is 4.54. The number of sulfonamides is 1. The largest absolute Gasteiger partial charge is 0.326 e. The minimum absolute atomic E-state index is 0.223. The number of benzene rings is 1. The zero-order chi connectivity index (χ0) is 17.5. The van der Waals surface area contributed by atoms with Crippen LogP contribution in [-0.4, -0.2) is 61.1 Å². The molecule has 2 aliphatic rings. The van der Waals surface area contributed by atoms with Gasteiger partial charge in [-0.05, 0) is 37.7 Å². The third-order valence-electron chi connectivity index (χ3n) is 4.36. The Kier molecular flexibility index (Phi) is 4.83. The zero-order valence-electron chi connectivity index (χ0n) is 13.2. The first kappa shape index (κ1) is 17.9. The van der Waals surface area contributed by atoms with Crippen molar-refractivity contribution in [3.05, 3.63) is 24.3 Å². The molecule has 0 bridgehead atoms. The molecule has 9 heteroatoms. The minimum Gasteiger partial charge on any atom is -0.326 e. The summed E-state index contributed by atoms with van der Waals surface area (Å²) in [5, 5.41) is 2.70. The lowest BCUT2D eigenvalue weighted by Gasteiger charge is -2.31. The van der Waals surface area contributed by atoms with Crippen molar-refractivity contribution >= 4 is 44.8 Å². The van der Waals surface area contributed by atoms with Gasteiger partial charge in [-0.15, -0.1) is 23.2 Å². The van der Waals surface area contributed by atoms with Crippen molar-refractivity contribution in [3.8, 4) is 0 Å². The summed E-state index contributed by atoms with van der Waals surface area (Å²) in [5.41, 5.74) is 0.522. The molecule has 0 radical (unpaired) electrons. The number of halogens is 2. The van der Waals surface area contributed by atoms with Crippen molar-refractivity contribution in [1.82, 2.24) is 9.21 Å². The Morgan fingerprint density at radius 3 is 2.21 bits per heavy atom. The monoisotopic (exact) mass is 391 g/mol. The molecule has 2 fully saturated rings. The lowest BCUT2D eigenvalue weighted by atomic mass is 10.3. The lowest BCUT2D eigenvalue weighted by molar-refractivity contribution is -0.117. The van der Waals surface area contributed by atoms with E-state index in [0.29, 0.717) is 38.3 Å². The van der Waals surface area contributed by atoms with Crippen molar-refractivity contribution in [2.45, 2.75) is 15.6 Å². The fraction of sp³-hybridized carbons (Fsp3) is 0.533. The summed E-state index contributed by atoms with van der Waals surface area (Å²) < 4.78 is 25.7. The van der Waals surface area contributed by atoms with E-state index < -0.39 is 20.3 Å². The van der Waals surface area contributed by atoms with Crippen molar-refractivity contribution < 1.29 is 13.2 Å². The number of piperazine rings is 1. The van der Waals surface area contributed by atoms with Crippen LogP contribution in [0.25, 0.3) is 0 Å². The first-order chi connectivity index (χ1) is 11.2. The maximum Gasteiger partial charge on any atom is 0.243 e. The van der Waals surface area contributed by atoms with E-state index in [1.54, 1.807) is 12.1 Å². The molecule has 1 aliphatic heterocycles. The lowest BCUT2D eigenvalue weighted by Crippen LogP contribution is -2.46. The van der Waals surface area contributed by atoms with Crippen LogP contribution in [-0.2, 0) is 14.8 Å². The molecule has 0 spiro atoms. The highest BCUT2D eigenvalue weighted by molar-refractivity contribution is 7.89. The van der Waals surface area contributed by atoms with Gasteiger partial charge < -0.3 is 10.2 Å². The van der Waals surface area contributed by atoms with Gasteiger partial charge in [0.15, 0.2) is 0 Å². The molecule has 1 aromatic carbocycles. The molecule has 3 rings (SSSR count). The molecule has 1 heterocycles.